The molecule has 0 fully saturated rings. The Morgan fingerprint density at radius 2 is 2.27 bits per heavy atom. The van der Waals surface area contributed by atoms with E-state index in [1.165, 1.54) is 6.07 Å². The molecule has 15 heavy (non-hydrogen) atoms. The van der Waals surface area contributed by atoms with Crippen LogP contribution >= 0.6 is 0 Å². The van der Waals surface area contributed by atoms with E-state index >= 15 is 0 Å². The molecular formula is C12H17FN2. The first-order chi connectivity index (χ1) is 7.15. The van der Waals surface area contributed by atoms with Gasteiger partial charge in [0.2, 0.25) is 0 Å². The van der Waals surface area contributed by atoms with Crippen LogP contribution in [0.25, 0.3) is 0 Å². The summed E-state index contributed by atoms with van der Waals surface area (Å²) in [4.78, 5) is 2.10. The van der Waals surface area contributed by atoms with Gasteiger partial charge in [-0.15, -0.1) is 0 Å². The summed E-state index contributed by atoms with van der Waals surface area (Å²) < 4.78 is 13.7. The van der Waals surface area contributed by atoms with Gasteiger partial charge in [0.25, 0.3) is 0 Å². The van der Waals surface area contributed by atoms with Gasteiger partial charge in [-0.25, -0.2) is 4.39 Å². The molecule has 0 radical (unpaired) electrons. The highest BCUT2D eigenvalue weighted by molar-refractivity contribution is 5.61. The number of fused-ring (bicyclic) bond motifs is 1. The van der Waals surface area contributed by atoms with Crippen molar-refractivity contribution in [2.45, 2.75) is 25.8 Å². The fourth-order valence-electron chi connectivity index (χ4n) is 2.26. The number of halogens is 1. The maximum atomic E-state index is 13.7. The van der Waals surface area contributed by atoms with Crippen LogP contribution in [0, 0.1) is 5.82 Å². The minimum atomic E-state index is -0.128. The van der Waals surface area contributed by atoms with E-state index in [4.69, 9.17) is 5.73 Å². The number of rotatable bonds is 2. The lowest BCUT2D eigenvalue weighted by Gasteiger charge is -2.24. The van der Waals surface area contributed by atoms with E-state index in [0.29, 0.717) is 12.6 Å². The van der Waals surface area contributed by atoms with Crippen LogP contribution < -0.4 is 10.6 Å². The van der Waals surface area contributed by atoms with Gasteiger partial charge in [-0.1, -0.05) is 12.1 Å². The molecule has 0 amide bonds. The Morgan fingerprint density at radius 1 is 1.53 bits per heavy atom. The summed E-state index contributed by atoms with van der Waals surface area (Å²) in [5.41, 5.74) is 7.53. The summed E-state index contributed by atoms with van der Waals surface area (Å²) in [7, 11) is 0. The van der Waals surface area contributed by atoms with E-state index < -0.39 is 0 Å². The zero-order valence-corrected chi connectivity index (χ0v) is 9.20. The second-order valence-electron chi connectivity index (χ2n) is 4.36. The van der Waals surface area contributed by atoms with E-state index in [1.807, 2.05) is 6.07 Å². The van der Waals surface area contributed by atoms with Gasteiger partial charge in [-0.2, -0.15) is 0 Å². The van der Waals surface area contributed by atoms with Crippen molar-refractivity contribution < 1.29 is 4.39 Å². The molecule has 0 spiro atoms. The largest absolute Gasteiger partial charge is 0.366 e. The van der Waals surface area contributed by atoms with E-state index in [1.54, 1.807) is 6.07 Å². The quantitative estimate of drug-likeness (QED) is 0.806. The van der Waals surface area contributed by atoms with E-state index in [0.717, 1.165) is 17.8 Å². The fourth-order valence-corrected chi connectivity index (χ4v) is 2.26. The highest BCUT2D eigenvalue weighted by Crippen LogP contribution is 2.38. The molecule has 1 aromatic carbocycles. The number of hydrogen-bond acceptors (Lipinski definition) is 2. The van der Waals surface area contributed by atoms with Crippen LogP contribution in [0.15, 0.2) is 18.2 Å². The molecule has 2 rings (SSSR count). The van der Waals surface area contributed by atoms with Crippen molar-refractivity contribution in [3.8, 4) is 0 Å². The average Bonchev–Trinajstić information content (AvgIpc) is 2.58. The Bertz CT molecular complexity index is 363. The molecule has 1 aliphatic heterocycles. The fraction of sp³-hybridized carbons (Fsp3) is 0.500. The first kappa shape index (κ1) is 10.4. The van der Waals surface area contributed by atoms with Gasteiger partial charge in [0.05, 0.1) is 5.69 Å². The number of nitrogens with two attached hydrogens (primary N) is 1. The minimum Gasteiger partial charge on any atom is -0.366 e. The third kappa shape index (κ3) is 1.61. The van der Waals surface area contributed by atoms with Crippen molar-refractivity contribution in [3.63, 3.8) is 0 Å². The first-order valence-electron chi connectivity index (χ1n) is 5.40. The molecule has 1 unspecified atom stereocenters. The third-order valence-corrected chi connectivity index (χ3v) is 3.07. The van der Waals surface area contributed by atoms with Gasteiger partial charge in [0, 0.05) is 25.0 Å². The second kappa shape index (κ2) is 3.81. The van der Waals surface area contributed by atoms with Crippen molar-refractivity contribution in [3.05, 3.63) is 29.6 Å². The topological polar surface area (TPSA) is 29.3 Å². The Morgan fingerprint density at radius 3 is 2.87 bits per heavy atom. The molecule has 3 heteroatoms. The van der Waals surface area contributed by atoms with Crippen molar-refractivity contribution in [2.75, 3.05) is 18.0 Å². The average molecular weight is 208 g/mol. The number of nitrogens with zero attached hydrogens (tertiary/aromatic N) is 1. The summed E-state index contributed by atoms with van der Waals surface area (Å²) in [5.74, 6) is 0.148. The first-order valence-corrected chi connectivity index (χ1v) is 5.40. The van der Waals surface area contributed by atoms with Crippen molar-refractivity contribution in [1.29, 1.82) is 0 Å². The smallest absolute Gasteiger partial charge is 0.146 e. The molecule has 1 atom stereocenters. The Kier molecular flexibility index (Phi) is 2.65. The third-order valence-electron chi connectivity index (χ3n) is 3.07. The highest BCUT2D eigenvalue weighted by atomic mass is 19.1. The number of hydrogen-bond donors (Lipinski definition) is 1. The van der Waals surface area contributed by atoms with Crippen molar-refractivity contribution in [1.82, 2.24) is 0 Å². The molecule has 1 aromatic rings. The summed E-state index contributed by atoms with van der Waals surface area (Å²) in [5, 5.41) is 0. The maximum Gasteiger partial charge on any atom is 0.146 e. The summed E-state index contributed by atoms with van der Waals surface area (Å²) in [6.07, 6.45) is 0. The van der Waals surface area contributed by atoms with Crippen LogP contribution in [-0.4, -0.2) is 19.1 Å². The molecule has 1 aliphatic rings. The lowest BCUT2D eigenvalue weighted by molar-refractivity contribution is 0.606. The molecule has 2 N–H and O–H groups in total. The monoisotopic (exact) mass is 208 g/mol. The second-order valence-corrected chi connectivity index (χ2v) is 4.36. The van der Waals surface area contributed by atoms with Crippen LogP contribution in [0.1, 0.15) is 25.3 Å². The Hall–Kier alpha value is -1.09. The predicted molar refractivity (Wildman–Crippen MR) is 60.7 cm³/mol. The van der Waals surface area contributed by atoms with Crippen LogP contribution in [-0.2, 0) is 0 Å². The standard InChI is InChI=1S/C12H17FN2/c1-8(2)15-7-9(6-14)10-4-3-5-11(13)12(10)15/h3-5,8-9H,6-7,14H2,1-2H3. The van der Waals surface area contributed by atoms with Crippen LogP contribution in [0.4, 0.5) is 10.1 Å². The highest BCUT2D eigenvalue weighted by Gasteiger charge is 2.31. The van der Waals surface area contributed by atoms with Gasteiger partial charge < -0.3 is 10.6 Å². The molecule has 0 saturated carbocycles. The Labute approximate surface area is 89.9 Å². The predicted octanol–water partition coefficient (Wildman–Crippen LogP) is 2.10. The van der Waals surface area contributed by atoms with Crippen LogP contribution in [0.2, 0.25) is 0 Å². The van der Waals surface area contributed by atoms with Crippen molar-refractivity contribution in [2.24, 2.45) is 5.73 Å². The van der Waals surface area contributed by atoms with Crippen molar-refractivity contribution >= 4 is 5.69 Å². The summed E-state index contributed by atoms with van der Waals surface area (Å²) in [6.45, 7) is 5.58. The van der Waals surface area contributed by atoms with E-state index in [-0.39, 0.29) is 11.7 Å². The van der Waals surface area contributed by atoms with Gasteiger partial charge >= 0.3 is 0 Å². The van der Waals surface area contributed by atoms with Gasteiger partial charge in [-0.05, 0) is 25.5 Å². The van der Waals surface area contributed by atoms with E-state index in [9.17, 15) is 4.39 Å². The molecular weight excluding hydrogens is 191 g/mol. The maximum absolute atomic E-state index is 13.7. The summed E-state index contributed by atoms with van der Waals surface area (Å²) in [6, 6.07) is 5.59. The normalized spacial score (nSPS) is 19.8. The van der Waals surface area contributed by atoms with Gasteiger partial charge in [0.1, 0.15) is 5.82 Å². The lowest BCUT2D eigenvalue weighted by Crippen LogP contribution is -2.31. The van der Waals surface area contributed by atoms with Crippen LogP contribution in [0.3, 0.4) is 0 Å². The molecule has 0 bridgehead atoms. The minimum absolute atomic E-state index is 0.128. The molecule has 2 nitrogen and oxygen atoms in total. The summed E-state index contributed by atoms with van der Waals surface area (Å²) >= 11 is 0. The Balaban J connectivity index is 2.48. The lowest BCUT2D eigenvalue weighted by atomic mass is 10.0. The number of para-hydroxylation sites is 1. The zero-order chi connectivity index (χ0) is 11.0. The van der Waals surface area contributed by atoms with Gasteiger partial charge in [-0.3, -0.25) is 0 Å². The number of anilines is 1. The molecule has 0 aliphatic carbocycles. The van der Waals surface area contributed by atoms with Gasteiger partial charge in [0.15, 0.2) is 0 Å². The molecule has 0 aromatic heterocycles. The number of benzene rings is 1. The molecule has 0 saturated heterocycles. The molecule has 82 valence electrons. The molecule has 1 heterocycles. The van der Waals surface area contributed by atoms with Crippen LogP contribution in [0.5, 0.6) is 0 Å². The van der Waals surface area contributed by atoms with E-state index in [2.05, 4.69) is 18.7 Å². The SMILES string of the molecule is CC(C)N1CC(CN)c2cccc(F)c21. The zero-order valence-electron chi connectivity index (χ0n) is 9.20.